The van der Waals surface area contributed by atoms with Crippen LogP contribution in [0.3, 0.4) is 0 Å². The standard InChI is InChI=1S/C15H12F3NO3S/c1-19(14-7-9(16)3-5-13(14)18)15(20)11-8-10(23(2,21)22)4-6-12(11)17/h3-8H,1-2H3. The van der Waals surface area contributed by atoms with Crippen molar-refractivity contribution in [1.29, 1.82) is 0 Å². The molecule has 0 radical (unpaired) electrons. The average Bonchev–Trinajstić information content (AvgIpc) is 2.47. The maximum atomic E-state index is 13.9. The van der Waals surface area contributed by atoms with Gasteiger partial charge in [0.05, 0.1) is 16.1 Å². The number of hydrogen-bond donors (Lipinski definition) is 0. The van der Waals surface area contributed by atoms with Gasteiger partial charge in [-0.1, -0.05) is 0 Å². The molecule has 0 fully saturated rings. The molecule has 0 bridgehead atoms. The van der Waals surface area contributed by atoms with Crippen LogP contribution < -0.4 is 4.90 Å². The molecule has 0 saturated carbocycles. The van der Waals surface area contributed by atoms with Gasteiger partial charge in [0.2, 0.25) is 0 Å². The van der Waals surface area contributed by atoms with Crippen LogP contribution in [0.1, 0.15) is 10.4 Å². The van der Waals surface area contributed by atoms with Gasteiger partial charge >= 0.3 is 0 Å². The summed E-state index contributed by atoms with van der Waals surface area (Å²) in [5.74, 6) is -3.61. The molecule has 0 aliphatic carbocycles. The van der Waals surface area contributed by atoms with Crippen molar-refractivity contribution in [3.8, 4) is 0 Å². The average molecular weight is 343 g/mol. The lowest BCUT2D eigenvalue weighted by atomic mass is 10.1. The third-order valence-electron chi connectivity index (χ3n) is 3.17. The molecule has 0 aromatic heterocycles. The summed E-state index contributed by atoms with van der Waals surface area (Å²) in [4.78, 5) is 12.8. The van der Waals surface area contributed by atoms with Crippen LogP contribution in [0.4, 0.5) is 18.9 Å². The van der Waals surface area contributed by atoms with Crippen LogP contribution in [0.25, 0.3) is 0 Å². The van der Waals surface area contributed by atoms with Crippen molar-refractivity contribution in [2.75, 3.05) is 18.2 Å². The molecule has 4 nitrogen and oxygen atoms in total. The first-order chi connectivity index (χ1) is 10.6. The summed E-state index contributed by atoms with van der Waals surface area (Å²) >= 11 is 0. The monoisotopic (exact) mass is 343 g/mol. The van der Waals surface area contributed by atoms with E-state index in [0.29, 0.717) is 4.90 Å². The lowest BCUT2D eigenvalue weighted by Crippen LogP contribution is -2.28. The number of amides is 1. The second kappa shape index (κ2) is 6.04. The van der Waals surface area contributed by atoms with Crippen LogP contribution in [0, 0.1) is 17.5 Å². The molecule has 8 heteroatoms. The van der Waals surface area contributed by atoms with E-state index in [1.807, 2.05) is 0 Å². The number of benzene rings is 2. The van der Waals surface area contributed by atoms with Crippen LogP contribution in [-0.4, -0.2) is 27.6 Å². The third-order valence-corrected chi connectivity index (χ3v) is 4.28. The molecule has 0 saturated heterocycles. The summed E-state index contributed by atoms with van der Waals surface area (Å²) in [6.45, 7) is 0. The van der Waals surface area contributed by atoms with E-state index in [-0.39, 0.29) is 10.6 Å². The number of sulfone groups is 1. The van der Waals surface area contributed by atoms with Gasteiger partial charge in [0.1, 0.15) is 17.5 Å². The van der Waals surface area contributed by atoms with Crippen molar-refractivity contribution in [2.45, 2.75) is 4.90 Å². The molecule has 0 N–H and O–H groups in total. The van der Waals surface area contributed by atoms with Crippen LogP contribution in [0.2, 0.25) is 0 Å². The van der Waals surface area contributed by atoms with Gasteiger partial charge in [-0.15, -0.1) is 0 Å². The Balaban J connectivity index is 2.50. The summed E-state index contributed by atoms with van der Waals surface area (Å²) in [6, 6.07) is 5.20. The van der Waals surface area contributed by atoms with E-state index < -0.39 is 38.8 Å². The van der Waals surface area contributed by atoms with Crippen LogP contribution in [0.5, 0.6) is 0 Å². The van der Waals surface area contributed by atoms with Gasteiger partial charge in [-0.05, 0) is 30.3 Å². The molecule has 23 heavy (non-hydrogen) atoms. The van der Waals surface area contributed by atoms with E-state index in [4.69, 9.17) is 0 Å². The first-order valence-corrected chi connectivity index (χ1v) is 8.23. The fourth-order valence-electron chi connectivity index (χ4n) is 1.93. The van der Waals surface area contributed by atoms with Gasteiger partial charge in [0.15, 0.2) is 9.84 Å². The molecule has 0 aliphatic rings. The van der Waals surface area contributed by atoms with Gasteiger partial charge in [0.25, 0.3) is 5.91 Å². The van der Waals surface area contributed by atoms with E-state index in [2.05, 4.69) is 0 Å². The van der Waals surface area contributed by atoms with Gasteiger partial charge in [-0.25, -0.2) is 21.6 Å². The second-order valence-corrected chi connectivity index (χ2v) is 6.89. The second-order valence-electron chi connectivity index (χ2n) is 4.87. The Morgan fingerprint density at radius 2 is 1.61 bits per heavy atom. The van der Waals surface area contributed by atoms with E-state index in [1.165, 1.54) is 0 Å². The maximum absolute atomic E-state index is 13.9. The molecular weight excluding hydrogens is 331 g/mol. The molecule has 0 unspecified atom stereocenters. The molecule has 0 spiro atoms. The summed E-state index contributed by atoms with van der Waals surface area (Å²) in [5.41, 5.74) is -0.946. The number of halogens is 3. The Bertz CT molecular complexity index is 882. The summed E-state index contributed by atoms with van der Waals surface area (Å²) in [7, 11) is -2.52. The zero-order valence-corrected chi connectivity index (χ0v) is 13.0. The Labute approximate surface area is 131 Å². The molecule has 2 aromatic carbocycles. The smallest absolute Gasteiger partial charge is 0.261 e. The molecule has 1 amide bonds. The molecule has 122 valence electrons. The highest BCUT2D eigenvalue weighted by Gasteiger charge is 2.22. The normalized spacial score (nSPS) is 11.3. The summed E-state index contributed by atoms with van der Waals surface area (Å²) in [5, 5.41) is 0. The maximum Gasteiger partial charge on any atom is 0.261 e. The molecule has 2 rings (SSSR count). The molecule has 0 aliphatic heterocycles. The first-order valence-electron chi connectivity index (χ1n) is 6.34. The van der Waals surface area contributed by atoms with Crippen LogP contribution in [-0.2, 0) is 9.84 Å². The zero-order chi connectivity index (χ0) is 17.4. The van der Waals surface area contributed by atoms with Gasteiger partial charge in [-0.3, -0.25) is 4.79 Å². The number of anilines is 1. The summed E-state index contributed by atoms with van der Waals surface area (Å²) < 4.78 is 63.8. The van der Waals surface area contributed by atoms with Gasteiger partial charge in [0, 0.05) is 19.4 Å². The highest BCUT2D eigenvalue weighted by molar-refractivity contribution is 7.90. The molecule has 2 aromatic rings. The predicted molar refractivity (Wildman–Crippen MR) is 78.6 cm³/mol. The van der Waals surface area contributed by atoms with Crippen LogP contribution in [0.15, 0.2) is 41.3 Å². The quantitative estimate of drug-likeness (QED) is 0.806. The predicted octanol–water partition coefficient (Wildman–Crippen LogP) is 2.78. The van der Waals surface area contributed by atoms with Crippen molar-refractivity contribution in [3.63, 3.8) is 0 Å². The third kappa shape index (κ3) is 3.53. The minimum atomic E-state index is -3.65. The largest absolute Gasteiger partial charge is 0.308 e. The molecule has 0 atom stereocenters. The van der Waals surface area contributed by atoms with Crippen molar-refractivity contribution in [1.82, 2.24) is 0 Å². The minimum Gasteiger partial charge on any atom is -0.308 e. The Hall–Kier alpha value is -2.35. The lowest BCUT2D eigenvalue weighted by molar-refractivity contribution is 0.0988. The molecule has 0 heterocycles. The number of nitrogens with zero attached hydrogens (tertiary/aromatic N) is 1. The first kappa shape index (κ1) is 17.0. The Morgan fingerprint density at radius 3 is 2.22 bits per heavy atom. The highest BCUT2D eigenvalue weighted by atomic mass is 32.2. The minimum absolute atomic E-state index is 0.254. The topological polar surface area (TPSA) is 54.5 Å². The SMILES string of the molecule is CN(C(=O)c1cc(S(C)(=O)=O)ccc1F)c1cc(F)ccc1F. The number of carbonyl (C=O) groups is 1. The van der Waals surface area contributed by atoms with E-state index in [0.717, 1.165) is 49.7 Å². The van der Waals surface area contributed by atoms with Crippen molar-refractivity contribution >= 4 is 21.4 Å². The van der Waals surface area contributed by atoms with E-state index in [1.54, 1.807) is 0 Å². The molecular formula is C15H12F3NO3S. The van der Waals surface area contributed by atoms with Gasteiger partial charge in [-0.2, -0.15) is 0 Å². The number of rotatable bonds is 3. The summed E-state index contributed by atoms with van der Waals surface area (Å²) in [6.07, 6.45) is 0.907. The van der Waals surface area contributed by atoms with Crippen molar-refractivity contribution in [3.05, 3.63) is 59.4 Å². The number of carbonyl (C=O) groups excluding carboxylic acids is 1. The van der Waals surface area contributed by atoms with Crippen molar-refractivity contribution in [2.24, 2.45) is 0 Å². The van der Waals surface area contributed by atoms with Crippen molar-refractivity contribution < 1.29 is 26.4 Å². The lowest BCUT2D eigenvalue weighted by Gasteiger charge is -2.18. The van der Waals surface area contributed by atoms with Gasteiger partial charge < -0.3 is 4.90 Å². The Morgan fingerprint density at radius 1 is 1.00 bits per heavy atom. The fraction of sp³-hybridized carbons (Fsp3) is 0.133. The highest BCUT2D eigenvalue weighted by Crippen LogP contribution is 2.23. The number of hydrogen-bond acceptors (Lipinski definition) is 3. The Kier molecular flexibility index (Phi) is 4.46. The van der Waals surface area contributed by atoms with Crippen LogP contribution >= 0.6 is 0 Å². The van der Waals surface area contributed by atoms with E-state index >= 15 is 0 Å². The fourth-order valence-corrected chi connectivity index (χ4v) is 2.58. The van der Waals surface area contributed by atoms with E-state index in [9.17, 15) is 26.4 Å². The zero-order valence-electron chi connectivity index (χ0n) is 12.2.